The van der Waals surface area contributed by atoms with Crippen LogP contribution in [-0.2, 0) is 14.6 Å². The number of hydrogen-bond acceptors (Lipinski definition) is 7. The van der Waals surface area contributed by atoms with Gasteiger partial charge in [-0.2, -0.15) is 0 Å². The van der Waals surface area contributed by atoms with Gasteiger partial charge in [-0.25, -0.2) is 13.2 Å². The molecule has 0 aliphatic rings. The van der Waals surface area contributed by atoms with Gasteiger partial charge in [-0.3, -0.25) is 14.9 Å². The minimum Gasteiger partial charge on any atom is -0.454 e. The van der Waals surface area contributed by atoms with Crippen molar-refractivity contribution >= 4 is 38.0 Å². The van der Waals surface area contributed by atoms with Crippen molar-refractivity contribution in [2.45, 2.75) is 9.79 Å². The van der Waals surface area contributed by atoms with Crippen LogP contribution in [0.2, 0.25) is 0 Å². The number of benzene rings is 4. The molecule has 0 aliphatic heterocycles. The van der Waals surface area contributed by atoms with Crippen LogP contribution in [0.1, 0.15) is 20.7 Å². The van der Waals surface area contributed by atoms with E-state index in [1.807, 2.05) is 18.2 Å². The summed E-state index contributed by atoms with van der Waals surface area (Å²) in [4.78, 5) is 35.1. The van der Waals surface area contributed by atoms with Crippen LogP contribution in [0.5, 0.6) is 0 Å². The van der Waals surface area contributed by atoms with Crippen LogP contribution in [0.15, 0.2) is 101 Å². The van der Waals surface area contributed by atoms with Gasteiger partial charge in [0.15, 0.2) is 6.61 Å². The molecule has 0 atom stereocenters. The molecule has 4 aromatic rings. The van der Waals surface area contributed by atoms with Gasteiger partial charge in [0.05, 0.1) is 15.4 Å². The van der Waals surface area contributed by atoms with E-state index in [1.54, 1.807) is 24.3 Å². The lowest BCUT2D eigenvalue weighted by Gasteiger charge is -2.11. The molecule has 8 nitrogen and oxygen atoms in total. The van der Waals surface area contributed by atoms with Gasteiger partial charge in [-0.1, -0.05) is 66.7 Å². The minimum atomic E-state index is -4.44. The zero-order chi connectivity index (χ0) is 24.3. The number of hydrogen-bond donors (Lipinski definition) is 0. The number of esters is 1. The first-order valence-corrected chi connectivity index (χ1v) is 11.5. The summed E-state index contributed by atoms with van der Waals surface area (Å²) in [6.07, 6.45) is 0. The highest BCUT2D eigenvalue weighted by molar-refractivity contribution is 7.91. The first kappa shape index (κ1) is 22.8. The van der Waals surface area contributed by atoms with Crippen LogP contribution in [0.25, 0.3) is 10.8 Å². The predicted molar refractivity (Wildman–Crippen MR) is 124 cm³/mol. The molecule has 0 unspecified atom stereocenters. The lowest BCUT2D eigenvalue weighted by atomic mass is 10.0. The number of rotatable bonds is 7. The van der Waals surface area contributed by atoms with Gasteiger partial charge in [-0.15, -0.1) is 0 Å². The number of nitro groups is 1. The third-order valence-corrected chi connectivity index (χ3v) is 7.03. The second kappa shape index (κ2) is 9.24. The van der Waals surface area contributed by atoms with E-state index in [2.05, 4.69) is 0 Å². The number of ketones is 1. The van der Waals surface area contributed by atoms with E-state index < -0.39 is 48.6 Å². The number of nitrogens with zero attached hydrogens (tertiary/aromatic N) is 1. The van der Waals surface area contributed by atoms with Crippen LogP contribution in [-0.4, -0.2) is 31.7 Å². The fourth-order valence-corrected chi connectivity index (χ4v) is 5.19. The number of carbonyl (C=O) groups is 2. The summed E-state index contributed by atoms with van der Waals surface area (Å²) in [5.41, 5.74) is -0.574. The SMILES string of the molecule is O=C(OCC(=O)c1cccc2ccccc12)c1ccccc1S(=O)(=O)c1ccccc1[N+](=O)[O-]. The molecule has 0 aromatic heterocycles. The molecule has 0 heterocycles. The number of fused-ring (bicyclic) bond motifs is 1. The summed E-state index contributed by atoms with van der Waals surface area (Å²) in [5, 5.41) is 12.9. The lowest BCUT2D eigenvalue weighted by Crippen LogP contribution is -2.17. The van der Waals surface area contributed by atoms with Crippen LogP contribution in [0.3, 0.4) is 0 Å². The normalized spacial score (nSPS) is 11.2. The maximum Gasteiger partial charge on any atom is 0.339 e. The standard InChI is InChI=1S/C25H17NO7S/c27-22(19-12-7-9-17-8-1-2-10-18(17)19)16-33-25(28)20-11-3-5-14-23(20)34(31,32)24-15-6-4-13-21(24)26(29)30/h1-15H,16H2. The highest BCUT2D eigenvalue weighted by Gasteiger charge is 2.31. The maximum absolute atomic E-state index is 13.2. The maximum atomic E-state index is 13.2. The molecule has 34 heavy (non-hydrogen) atoms. The van der Waals surface area contributed by atoms with E-state index in [0.29, 0.717) is 10.9 Å². The largest absolute Gasteiger partial charge is 0.454 e. The summed E-state index contributed by atoms with van der Waals surface area (Å²) in [6, 6.07) is 22.5. The van der Waals surface area contributed by atoms with Gasteiger partial charge in [0.25, 0.3) is 5.69 Å². The highest BCUT2D eigenvalue weighted by atomic mass is 32.2. The first-order valence-electron chi connectivity index (χ1n) is 10.1. The lowest BCUT2D eigenvalue weighted by molar-refractivity contribution is -0.387. The Morgan fingerprint density at radius 3 is 2.12 bits per heavy atom. The average molecular weight is 475 g/mol. The molecule has 0 spiro atoms. The van der Waals surface area contributed by atoms with Gasteiger partial charge < -0.3 is 4.74 Å². The zero-order valence-electron chi connectivity index (χ0n) is 17.6. The van der Waals surface area contributed by atoms with Crippen molar-refractivity contribution < 1.29 is 27.7 Å². The van der Waals surface area contributed by atoms with Crippen molar-refractivity contribution in [2.75, 3.05) is 6.61 Å². The van der Waals surface area contributed by atoms with Crippen molar-refractivity contribution in [1.29, 1.82) is 0 Å². The smallest absolute Gasteiger partial charge is 0.339 e. The molecule has 0 saturated heterocycles. The molecular formula is C25H17NO7S. The Hall–Kier alpha value is -4.37. The Kier molecular flexibility index (Phi) is 6.20. The quantitative estimate of drug-likeness (QED) is 0.165. The fourth-order valence-electron chi connectivity index (χ4n) is 3.58. The molecular weight excluding hydrogens is 458 g/mol. The van der Waals surface area contributed by atoms with Crippen LogP contribution in [0.4, 0.5) is 5.69 Å². The van der Waals surface area contributed by atoms with E-state index in [4.69, 9.17) is 4.74 Å². The third-order valence-electron chi connectivity index (χ3n) is 5.17. The molecule has 9 heteroatoms. The van der Waals surface area contributed by atoms with E-state index in [0.717, 1.165) is 23.6 Å². The summed E-state index contributed by atoms with van der Waals surface area (Å²) in [6.45, 7) is -0.604. The van der Waals surface area contributed by atoms with Crippen LogP contribution in [0, 0.1) is 10.1 Å². The van der Waals surface area contributed by atoms with Crippen LogP contribution >= 0.6 is 0 Å². The van der Waals surface area contributed by atoms with Crippen molar-refractivity contribution in [1.82, 2.24) is 0 Å². The Bertz CT molecular complexity index is 1540. The Labute approximate surface area is 194 Å². The van der Waals surface area contributed by atoms with Crippen molar-refractivity contribution in [2.24, 2.45) is 0 Å². The number of carbonyl (C=O) groups excluding carboxylic acids is 2. The monoisotopic (exact) mass is 475 g/mol. The zero-order valence-corrected chi connectivity index (χ0v) is 18.4. The molecule has 170 valence electrons. The second-order valence-electron chi connectivity index (χ2n) is 7.25. The predicted octanol–water partition coefficient (Wildman–Crippen LogP) is 4.62. The number of para-hydroxylation sites is 1. The first-order chi connectivity index (χ1) is 16.3. The fraction of sp³-hybridized carbons (Fsp3) is 0.0400. The molecule has 4 rings (SSSR count). The molecule has 0 saturated carbocycles. The summed E-state index contributed by atoms with van der Waals surface area (Å²) in [5.74, 6) is -1.49. The van der Waals surface area contributed by atoms with Crippen molar-refractivity contribution in [3.05, 3.63) is 112 Å². The minimum absolute atomic E-state index is 0.327. The highest BCUT2D eigenvalue weighted by Crippen LogP contribution is 2.31. The van der Waals surface area contributed by atoms with E-state index in [9.17, 15) is 28.1 Å². The molecule has 0 fully saturated rings. The molecule has 0 aliphatic carbocycles. The number of nitro benzene ring substituents is 1. The molecule has 0 radical (unpaired) electrons. The Morgan fingerprint density at radius 1 is 0.765 bits per heavy atom. The van der Waals surface area contributed by atoms with E-state index in [-0.39, 0.29) is 5.56 Å². The van der Waals surface area contributed by atoms with Gasteiger partial charge in [0, 0.05) is 11.6 Å². The molecule has 0 bridgehead atoms. The topological polar surface area (TPSA) is 121 Å². The Morgan fingerprint density at radius 2 is 1.35 bits per heavy atom. The number of ether oxygens (including phenoxy) is 1. The van der Waals surface area contributed by atoms with Crippen LogP contribution < -0.4 is 0 Å². The Balaban J connectivity index is 1.63. The van der Waals surface area contributed by atoms with E-state index >= 15 is 0 Å². The number of sulfone groups is 1. The van der Waals surface area contributed by atoms with Gasteiger partial charge >= 0.3 is 5.97 Å². The van der Waals surface area contributed by atoms with Crippen molar-refractivity contribution in [3.8, 4) is 0 Å². The van der Waals surface area contributed by atoms with Gasteiger partial charge in [-0.05, 0) is 29.0 Å². The molecule has 0 amide bonds. The molecule has 0 N–H and O–H groups in total. The van der Waals surface area contributed by atoms with E-state index in [1.165, 1.54) is 30.3 Å². The molecule has 4 aromatic carbocycles. The average Bonchev–Trinajstić information content (AvgIpc) is 2.86. The third kappa shape index (κ3) is 4.28. The second-order valence-corrected chi connectivity index (χ2v) is 9.14. The van der Waals surface area contributed by atoms with Gasteiger partial charge in [0.1, 0.15) is 4.90 Å². The summed E-state index contributed by atoms with van der Waals surface area (Å²) in [7, 11) is -4.44. The van der Waals surface area contributed by atoms with Crippen molar-refractivity contribution in [3.63, 3.8) is 0 Å². The van der Waals surface area contributed by atoms with Gasteiger partial charge in [0.2, 0.25) is 15.6 Å². The number of Topliss-reactive ketones (excluding diaryl/α,β-unsaturated/α-hetero) is 1. The summed E-state index contributed by atoms with van der Waals surface area (Å²) >= 11 is 0. The summed E-state index contributed by atoms with van der Waals surface area (Å²) < 4.78 is 31.6.